The third kappa shape index (κ3) is 7.30. The fraction of sp³-hybridized carbons (Fsp3) is 0.407. The number of ether oxygens (including phenoxy) is 2. The van der Waals surface area contributed by atoms with Crippen LogP contribution in [0, 0.1) is 6.92 Å². The lowest BCUT2D eigenvalue weighted by molar-refractivity contribution is -0.138. The summed E-state index contributed by atoms with van der Waals surface area (Å²) >= 11 is 0. The molecule has 0 aliphatic heterocycles. The van der Waals surface area contributed by atoms with Gasteiger partial charge in [0.1, 0.15) is 35.4 Å². The Labute approximate surface area is 236 Å². The molecule has 1 N–H and O–H groups in total. The fourth-order valence-corrected chi connectivity index (χ4v) is 6.16. The SMILES string of the molecule is Cc1ccc([C@H]2CC[C@H](Oc3ccc(S(=O)(=O)Nc4ccncn4)c(COC=O)n3)[C@@H](N(C)C)C2)cc1C(F)(F)F. The van der Waals surface area contributed by atoms with Crippen molar-refractivity contribution in [3.05, 3.63) is 71.3 Å². The number of hydrogen-bond donors (Lipinski definition) is 1. The molecule has 41 heavy (non-hydrogen) atoms. The summed E-state index contributed by atoms with van der Waals surface area (Å²) in [4.78, 5) is 24.5. The summed E-state index contributed by atoms with van der Waals surface area (Å²) in [6.45, 7) is 1.21. The number of benzene rings is 1. The van der Waals surface area contributed by atoms with Crippen LogP contribution in [-0.4, -0.2) is 61.0 Å². The minimum Gasteiger partial charge on any atom is -0.473 e. The van der Waals surface area contributed by atoms with Crippen LogP contribution >= 0.6 is 0 Å². The predicted molar refractivity (Wildman–Crippen MR) is 143 cm³/mol. The van der Waals surface area contributed by atoms with E-state index in [4.69, 9.17) is 9.47 Å². The standard InChI is InChI=1S/C27H30F3N5O5S/c1-17-4-5-18(12-20(17)27(28,29)30)19-6-7-23(22(13-19)35(2)3)40-26-9-8-24(21(33-26)14-39-16-36)41(37,38)34-25-10-11-31-15-32-25/h4-5,8-12,15-16,19,22-23H,6-7,13-14H2,1-3H3,(H,31,32,34)/t19-,22-,23-/m0/s1. The lowest BCUT2D eigenvalue weighted by Gasteiger charge is -2.39. The van der Waals surface area contributed by atoms with Gasteiger partial charge in [0.2, 0.25) is 5.88 Å². The molecule has 0 amide bonds. The van der Waals surface area contributed by atoms with Gasteiger partial charge in [-0.05, 0) is 75.5 Å². The van der Waals surface area contributed by atoms with Crippen LogP contribution in [0.15, 0.2) is 53.8 Å². The highest BCUT2D eigenvalue weighted by Gasteiger charge is 2.37. The number of nitrogens with one attached hydrogen (secondary N) is 1. The van der Waals surface area contributed by atoms with E-state index in [0.717, 1.165) is 0 Å². The van der Waals surface area contributed by atoms with Gasteiger partial charge in [0.25, 0.3) is 16.5 Å². The first-order chi connectivity index (χ1) is 19.4. The number of pyridine rings is 1. The zero-order valence-corrected chi connectivity index (χ0v) is 23.4. The van der Waals surface area contributed by atoms with Gasteiger partial charge in [-0.15, -0.1) is 0 Å². The monoisotopic (exact) mass is 593 g/mol. The van der Waals surface area contributed by atoms with E-state index in [0.29, 0.717) is 24.8 Å². The molecule has 14 heteroatoms. The van der Waals surface area contributed by atoms with Crippen LogP contribution in [0.5, 0.6) is 5.88 Å². The maximum absolute atomic E-state index is 13.5. The van der Waals surface area contributed by atoms with Gasteiger partial charge < -0.3 is 14.4 Å². The molecule has 1 aliphatic carbocycles. The number of carbonyl (C=O) groups excluding carboxylic acids is 1. The molecule has 1 aliphatic rings. The van der Waals surface area contributed by atoms with Crippen molar-refractivity contribution in [3.63, 3.8) is 0 Å². The number of hydrogen-bond acceptors (Lipinski definition) is 9. The first-order valence-corrected chi connectivity index (χ1v) is 14.2. The van der Waals surface area contributed by atoms with Gasteiger partial charge in [-0.25, -0.2) is 23.4 Å². The Hall–Kier alpha value is -3.78. The molecule has 0 saturated heterocycles. The largest absolute Gasteiger partial charge is 0.473 e. The number of halogens is 3. The average molecular weight is 594 g/mol. The summed E-state index contributed by atoms with van der Waals surface area (Å²) in [6, 6.07) is 8.42. The zero-order valence-electron chi connectivity index (χ0n) is 22.6. The molecular weight excluding hydrogens is 563 g/mol. The van der Waals surface area contributed by atoms with Crippen LogP contribution in [0.25, 0.3) is 0 Å². The Morgan fingerprint density at radius 2 is 1.93 bits per heavy atom. The number of aryl methyl sites for hydroxylation is 1. The third-order valence-corrected chi connectivity index (χ3v) is 8.46. The third-order valence-electron chi connectivity index (χ3n) is 7.03. The summed E-state index contributed by atoms with van der Waals surface area (Å²) in [5, 5.41) is 0. The van der Waals surface area contributed by atoms with Gasteiger partial charge in [-0.3, -0.25) is 9.52 Å². The second-order valence-electron chi connectivity index (χ2n) is 9.97. The summed E-state index contributed by atoms with van der Waals surface area (Å²) in [5.41, 5.74) is 0.129. The minimum absolute atomic E-state index is 0.0455. The minimum atomic E-state index is -4.43. The summed E-state index contributed by atoms with van der Waals surface area (Å²) < 4.78 is 80.0. The van der Waals surface area contributed by atoms with E-state index < -0.39 is 28.4 Å². The number of aromatic nitrogens is 3. The van der Waals surface area contributed by atoms with Crippen molar-refractivity contribution in [1.29, 1.82) is 0 Å². The molecule has 1 aromatic carbocycles. The van der Waals surface area contributed by atoms with Crippen LogP contribution < -0.4 is 9.46 Å². The van der Waals surface area contributed by atoms with Crippen LogP contribution in [0.1, 0.15) is 47.6 Å². The molecule has 0 bridgehead atoms. The molecule has 10 nitrogen and oxygen atoms in total. The summed E-state index contributed by atoms with van der Waals surface area (Å²) in [6.07, 6.45) is -0.571. The highest BCUT2D eigenvalue weighted by atomic mass is 32.2. The number of carbonyl (C=O) groups is 1. The van der Waals surface area contributed by atoms with E-state index >= 15 is 0 Å². The second-order valence-corrected chi connectivity index (χ2v) is 11.6. The Bertz CT molecular complexity index is 1470. The van der Waals surface area contributed by atoms with Crippen LogP contribution in [0.4, 0.5) is 19.0 Å². The van der Waals surface area contributed by atoms with E-state index in [1.54, 1.807) is 6.07 Å². The van der Waals surface area contributed by atoms with Gasteiger partial charge in [0, 0.05) is 18.3 Å². The van der Waals surface area contributed by atoms with E-state index in [-0.39, 0.29) is 52.4 Å². The number of likely N-dealkylation sites (N-methyl/N-ethyl adjacent to an activating group) is 1. The maximum atomic E-state index is 13.5. The summed E-state index contributed by atoms with van der Waals surface area (Å²) in [5.74, 6) is 0.0680. The molecule has 2 heterocycles. The second kappa shape index (κ2) is 12.4. The molecule has 0 spiro atoms. The molecule has 0 unspecified atom stereocenters. The predicted octanol–water partition coefficient (Wildman–Crippen LogP) is 4.32. The van der Waals surface area contributed by atoms with Crippen molar-refractivity contribution in [3.8, 4) is 5.88 Å². The quantitative estimate of drug-likeness (QED) is 0.343. The van der Waals surface area contributed by atoms with Crippen molar-refractivity contribution in [2.75, 3.05) is 18.8 Å². The van der Waals surface area contributed by atoms with E-state index in [2.05, 4.69) is 19.7 Å². The van der Waals surface area contributed by atoms with Crippen molar-refractivity contribution < 1.29 is 35.9 Å². The van der Waals surface area contributed by atoms with Crippen LogP contribution in [0.2, 0.25) is 0 Å². The Morgan fingerprint density at radius 1 is 1.15 bits per heavy atom. The highest BCUT2D eigenvalue weighted by molar-refractivity contribution is 7.92. The van der Waals surface area contributed by atoms with Crippen molar-refractivity contribution in [2.45, 2.75) is 61.9 Å². The first kappa shape index (κ1) is 30.2. The van der Waals surface area contributed by atoms with Crippen molar-refractivity contribution in [1.82, 2.24) is 19.9 Å². The number of alkyl halides is 3. The van der Waals surface area contributed by atoms with Gasteiger partial charge in [-0.2, -0.15) is 13.2 Å². The molecular formula is C27H30F3N5O5S. The normalized spacial score (nSPS) is 19.5. The Kier molecular flexibility index (Phi) is 9.12. The Balaban J connectivity index is 1.55. The summed E-state index contributed by atoms with van der Waals surface area (Å²) in [7, 11) is -0.414. The van der Waals surface area contributed by atoms with Gasteiger partial charge in [0.15, 0.2) is 0 Å². The van der Waals surface area contributed by atoms with Gasteiger partial charge in [-0.1, -0.05) is 12.1 Å². The Morgan fingerprint density at radius 3 is 2.59 bits per heavy atom. The molecule has 3 atom stereocenters. The van der Waals surface area contributed by atoms with Crippen molar-refractivity contribution in [2.24, 2.45) is 0 Å². The van der Waals surface area contributed by atoms with Gasteiger partial charge >= 0.3 is 6.18 Å². The molecule has 220 valence electrons. The zero-order chi connectivity index (χ0) is 29.8. The van der Waals surface area contributed by atoms with Crippen LogP contribution in [0.3, 0.4) is 0 Å². The molecule has 0 radical (unpaired) electrons. The van der Waals surface area contributed by atoms with E-state index in [1.165, 1.54) is 49.8 Å². The maximum Gasteiger partial charge on any atom is 0.416 e. The number of sulfonamides is 1. The fourth-order valence-electron chi connectivity index (χ4n) is 5.00. The molecule has 4 rings (SSSR count). The first-order valence-electron chi connectivity index (χ1n) is 12.7. The number of anilines is 1. The van der Waals surface area contributed by atoms with E-state index in [9.17, 15) is 26.4 Å². The molecule has 1 fully saturated rings. The highest BCUT2D eigenvalue weighted by Crippen LogP contribution is 2.39. The van der Waals surface area contributed by atoms with E-state index in [1.807, 2.05) is 19.0 Å². The lowest BCUT2D eigenvalue weighted by atomic mass is 9.78. The molecule has 2 aromatic heterocycles. The smallest absolute Gasteiger partial charge is 0.416 e. The topological polar surface area (TPSA) is 124 Å². The lowest BCUT2D eigenvalue weighted by Crippen LogP contribution is -2.46. The molecule has 3 aromatic rings. The number of rotatable bonds is 10. The van der Waals surface area contributed by atoms with Crippen LogP contribution in [-0.2, 0) is 32.3 Å². The molecule has 1 saturated carbocycles. The van der Waals surface area contributed by atoms with Crippen molar-refractivity contribution >= 4 is 22.3 Å². The average Bonchev–Trinajstić information content (AvgIpc) is 2.92. The van der Waals surface area contributed by atoms with Gasteiger partial charge in [0.05, 0.1) is 5.56 Å². The number of nitrogens with zero attached hydrogens (tertiary/aromatic N) is 4.